The van der Waals surface area contributed by atoms with Crippen LogP contribution in [0.3, 0.4) is 0 Å². The Labute approximate surface area is 257 Å². The standard InChI is InChI=1S/C15H13NO4.C8H4ClF3O2.C7H7NO3/c1-9-2-4-10(5-3-9)14(18)16-12-8-11(15(19)20)6-7-13(12)17;9-7(13)5-1-3-6(4-2-5)14-8(10,11)12;8-5-3-4(7(10)11)1-2-6(5)9/h2-8,17H,1H3,(H,16,18)(H,19,20);1-4H;1-3,9H,8H2,(H,10,11). The summed E-state index contributed by atoms with van der Waals surface area (Å²) in [6.07, 6.45) is -4.73. The number of aromatic hydroxyl groups is 2. The number of hydrogen-bond donors (Lipinski definition) is 6. The number of alkyl halides is 3. The molecule has 0 radical (unpaired) electrons. The number of ether oxygens (including phenoxy) is 1. The molecule has 11 nitrogen and oxygen atoms in total. The van der Waals surface area contributed by atoms with E-state index in [1.807, 2.05) is 6.92 Å². The first kappa shape index (κ1) is 35.4. The van der Waals surface area contributed by atoms with Crippen LogP contribution in [0.25, 0.3) is 0 Å². The molecule has 7 N–H and O–H groups in total. The third-order valence-corrected chi connectivity index (χ3v) is 5.61. The quantitative estimate of drug-likeness (QED) is 0.0785. The van der Waals surface area contributed by atoms with E-state index in [1.54, 1.807) is 24.3 Å². The first-order chi connectivity index (χ1) is 21.0. The number of nitrogens with one attached hydrogen (secondary N) is 1. The number of amides is 1. The van der Waals surface area contributed by atoms with E-state index >= 15 is 0 Å². The number of anilines is 2. The highest BCUT2D eigenvalue weighted by Crippen LogP contribution is 2.25. The Hall–Kier alpha value is -5.76. The molecular weight excluding hydrogens is 625 g/mol. The van der Waals surface area contributed by atoms with Crippen molar-refractivity contribution >= 4 is 46.1 Å². The van der Waals surface area contributed by atoms with Gasteiger partial charge in [-0.2, -0.15) is 0 Å². The van der Waals surface area contributed by atoms with Gasteiger partial charge >= 0.3 is 18.3 Å². The summed E-state index contributed by atoms with van der Waals surface area (Å²) in [4.78, 5) is 43.7. The Morgan fingerprint density at radius 2 is 1.20 bits per heavy atom. The topological polar surface area (TPSA) is 196 Å². The van der Waals surface area contributed by atoms with E-state index in [-0.39, 0.29) is 45.3 Å². The minimum Gasteiger partial charge on any atom is -0.506 e. The van der Waals surface area contributed by atoms with Crippen LogP contribution in [0.5, 0.6) is 17.2 Å². The van der Waals surface area contributed by atoms with Crippen LogP contribution in [0.1, 0.15) is 47.0 Å². The van der Waals surface area contributed by atoms with Crippen molar-refractivity contribution in [3.8, 4) is 17.2 Å². The Kier molecular flexibility index (Phi) is 12.3. The molecular formula is C30H24ClF3N2O9. The highest BCUT2D eigenvalue weighted by atomic mass is 35.5. The van der Waals surface area contributed by atoms with E-state index in [9.17, 15) is 37.5 Å². The van der Waals surface area contributed by atoms with Crippen molar-refractivity contribution in [2.24, 2.45) is 0 Å². The fraction of sp³-hybridized carbons (Fsp3) is 0.0667. The van der Waals surface area contributed by atoms with Crippen molar-refractivity contribution in [3.63, 3.8) is 0 Å². The van der Waals surface area contributed by atoms with Crippen molar-refractivity contribution < 1.29 is 57.5 Å². The summed E-state index contributed by atoms with van der Waals surface area (Å²) in [5.41, 5.74) is 7.01. The predicted molar refractivity (Wildman–Crippen MR) is 157 cm³/mol. The number of carboxylic acids is 2. The van der Waals surface area contributed by atoms with Crippen LogP contribution in [0, 0.1) is 6.92 Å². The van der Waals surface area contributed by atoms with E-state index in [1.165, 1.54) is 36.4 Å². The number of rotatable bonds is 6. The summed E-state index contributed by atoms with van der Waals surface area (Å²) in [7, 11) is 0. The molecule has 4 aromatic rings. The lowest BCUT2D eigenvalue weighted by molar-refractivity contribution is -0.274. The van der Waals surface area contributed by atoms with Gasteiger partial charge < -0.3 is 36.2 Å². The van der Waals surface area contributed by atoms with E-state index < -0.39 is 29.5 Å². The summed E-state index contributed by atoms with van der Waals surface area (Å²) in [5.74, 6) is -3.28. The number of carbonyl (C=O) groups is 4. The average molecular weight is 649 g/mol. The van der Waals surface area contributed by atoms with E-state index in [0.717, 1.165) is 29.8 Å². The third-order valence-electron chi connectivity index (χ3n) is 5.39. The molecule has 0 atom stereocenters. The number of nitrogens with two attached hydrogens (primary N) is 1. The van der Waals surface area contributed by atoms with Gasteiger partial charge in [0.25, 0.3) is 11.1 Å². The molecule has 0 spiro atoms. The van der Waals surface area contributed by atoms with Crippen LogP contribution in [-0.4, -0.2) is 49.9 Å². The number of hydrogen-bond acceptors (Lipinski definition) is 8. The van der Waals surface area contributed by atoms with Crippen molar-refractivity contribution in [2.45, 2.75) is 13.3 Å². The van der Waals surface area contributed by atoms with Gasteiger partial charge in [-0.05, 0) is 91.3 Å². The number of phenols is 2. The highest BCUT2D eigenvalue weighted by molar-refractivity contribution is 6.67. The largest absolute Gasteiger partial charge is 0.573 e. The van der Waals surface area contributed by atoms with Crippen molar-refractivity contribution in [2.75, 3.05) is 11.1 Å². The molecule has 4 rings (SSSR count). The van der Waals surface area contributed by atoms with Crippen LogP contribution < -0.4 is 15.8 Å². The van der Waals surface area contributed by atoms with Gasteiger partial charge in [0.05, 0.1) is 22.5 Å². The van der Waals surface area contributed by atoms with Crippen LogP contribution in [-0.2, 0) is 0 Å². The monoisotopic (exact) mass is 648 g/mol. The first-order valence-corrected chi connectivity index (χ1v) is 12.7. The minimum atomic E-state index is -4.73. The second-order valence-electron chi connectivity index (χ2n) is 8.78. The molecule has 0 fully saturated rings. The summed E-state index contributed by atoms with van der Waals surface area (Å²) >= 11 is 5.09. The SMILES string of the molecule is Cc1ccc(C(=O)Nc2cc(C(=O)O)ccc2O)cc1.Nc1cc(C(=O)O)ccc1O.O=C(Cl)c1ccc(OC(F)(F)F)cc1. The number of aryl methyl sites for hydroxylation is 1. The number of halogens is 4. The zero-order valence-corrected chi connectivity index (χ0v) is 23.8. The van der Waals surface area contributed by atoms with Gasteiger partial charge in [-0.25, -0.2) is 9.59 Å². The number of carbonyl (C=O) groups excluding carboxylic acids is 2. The Balaban J connectivity index is 0.000000248. The number of nitrogen functional groups attached to an aromatic ring is 1. The molecule has 1 amide bonds. The maximum absolute atomic E-state index is 12.0. The predicted octanol–water partition coefficient (Wildman–Crippen LogP) is 6.29. The van der Waals surface area contributed by atoms with Gasteiger partial charge in [-0.1, -0.05) is 17.7 Å². The molecule has 4 aromatic carbocycles. The molecule has 15 heteroatoms. The first-order valence-electron chi connectivity index (χ1n) is 12.3. The normalized spacial score (nSPS) is 10.2. The van der Waals surface area contributed by atoms with E-state index in [0.29, 0.717) is 5.56 Å². The number of phenolic OH excluding ortho intramolecular Hbond substituents is 2. The molecule has 0 heterocycles. The van der Waals surface area contributed by atoms with Crippen molar-refractivity contribution in [1.29, 1.82) is 0 Å². The van der Waals surface area contributed by atoms with Crippen LogP contribution in [0.15, 0.2) is 84.9 Å². The highest BCUT2D eigenvalue weighted by Gasteiger charge is 2.31. The van der Waals surface area contributed by atoms with Gasteiger partial charge in [0.15, 0.2) is 0 Å². The molecule has 0 unspecified atom stereocenters. The molecule has 0 bridgehead atoms. The van der Waals surface area contributed by atoms with Crippen molar-refractivity contribution in [3.05, 3.63) is 113 Å². The molecule has 0 aliphatic carbocycles. The third kappa shape index (κ3) is 11.8. The summed E-state index contributed by atoms with van der Waals surface area (Å²) in [6, 6.07) is 18.7. The number of aromatic carboxylic acids is 2. The molecule has 0 saturated carbocycles. The Bertz CT molecular complexity index is 1680. The maximum atomic E-state index is 12.0. The minimum absolute atomic E-state index is 0.0120. The molecule has 0 aliphatic heterocycles. The Morgan fingerprint density at radius 3 is 1.67 bits per heavy atom. The zero-order valence-electron chi connectivity index (χ0n) is 23.0. The van der Waals surface area contributed by atoms with Crippen LogP contribution in [0.2, 0.25) is 0 Å². The zero-order chi connectivity index (χ0) is 33.9. The second kappa shape index (κ2) is 15.6. The fourth-order valence-corrected chi connectivity index (χ4v) is 3.27. The second-order valence-corrected chi connectivity index (χ2v) is 9.13. The lowest BCUT2D eigenvalue weighted by atomic mass is 10.1. The van der Waals surface area contributed by atoms with Crippen LogP contribution >= 0.6 is 11.6 Å². The van der Waals surface area contributed by atoms with E-state index in [4.69, 9.17) is 32.7 Å². The summed E-state index contributed by atoms with van der Waals surface area (Å²) < 4.78 is 38.6. The molecule has 0 saturated heterocycles. The van der Waals surface area contributed by atoms with Gasteiger partial charge in [0.1, 0.15) is 17.2 Å². The smallest absolute Gasteiger partial charge is 0.506 e. The molecule has 0 aromatic heterocycles. The van der Waals surface area contributed by atoms with Gasteiger partial charge in [0, 0.05) is 11.1 Å². The van der Waals surface area contributed by atoms with Crippen molar-refractivity contribution in [1.82, 2.24) is 0 Å². The molecule has 236 valence electrons. The van der Waals surface area contributed by atoms with E-state index in [2.05, 4.69) is 10.1 Å². The average Bonchev–Trinajstić information content (AvgIpc) is 2.96. The summed E-state index contributed by atoms with van der Waals surface area (Å²) in [6.45, 7) is 1.91. The number of benzene rings is 4. The molecule has 45 heavy (non-hydrogen) atoms. The number of carboxylic acid groups (broad SMARTS) is 2. The maximum Gasteiger partial charge on any atom is 0.573 e. The molecule has 0 aliphatic rings. The fourth-order valence-electron chi connectivity index (χ4n) is 3.14. The van der Waals surface area contributed by atoms with Gasteiger partial charge in [-0.15, -0.1) is 13.2 Å². The van der Waals surface area contributed by atoms with Gasteiger partial charge in [0.2, 0.25) is 0 Å². The summed E-state index contributed by atoms with van der Waals surface area (Å²) in [5, 5.41) is 37.7. The lowest BCUT2D eigenvalue weighted by Crippen LogP contribution is -2.17. The van der Waals surface area contributed by atoms with Gasteiger partial charge in [-0.3, -0.25) is 9.59 Å². The lowest BCUT2D eigenvalue weighted by Gasteiger charge is -2.08. The Morgan fingerprint density at radius 1 is 0.733 bits per heavy atom. The van der Waals surface area contributed by atoms with Crippen LogP contribution in [0.4, 0.5) is 24.5 Å².